The van der Waals surface area contributed by atoms with Gasteiger partial charge < -0.3 is 19.1 Å². The maximum absolute atomic E-state index is 12.4. The van der Waals surface area contributed by atoms with E-state index in [0.717, 1.165) is 45.6 Å². The summed E-state index contributed by atoms with van der Waals surface area (Å²) in [4.78, 5) is 19.5. The maximum atomic E-state index is 12.4. The summed E-state index contributed by atoms with van der Waals surface area (Å²) in [7, 11) is 0. The summed E-state index contributed by atoms with van der Waals surface area (Å²) in [6.07, 6.45) is 8.24. The fourth-order valence-corrected chi connectivity index (χ4v) is 6.21. The Kier molecular flexibility index (Phi) is 5.09. The van der Waals surface area contributed by atoms with Crippen LogP contribution in [0.5, 0.6) is 0 Å². The van der Waals surface area contributed by atoms with Crippen molar-refractivity contribution in [2.75, 3.05) is 32.8 Å². The number of fused-ring (bicyclic) bond motifs is 1. The van der Waals surface area contributed by atoms with Crippen molar-refractivity contribution in [3.8, 4) is 0 Å². The van der Waals surface area contributed by atoms with Crippen LogP contribution in [0.1, 0.15) is 65.7 Å². The van der Waals surface area contributed by atoms with Gasteiger partial charge in [0.05, 0.1) is 12.6 Å². The number of amides is 1. The summed E-state index contributed by atoms with van der Waals surface area (Å²) < 4.78 is 18.0. The number of rotatable bonds is 2. The second-order valence-electron chi connectivity index (χ2n) is 10.5. The van der Waals surface area contributed by atoms with E-state index < -0.39 is 5.60 Å². The van der Waals surface area contributed by atoms with E-state index >= 15 is 0 Å². The standard InChI is InChI=1S/C22H37N3O4/c1-21(2,3)29-20(26)24-13-9-17(14-24)23-11-7-16(8-12-23)25-18-6-4-5-10-22(18)27-15-19(25)28-22/h16-19H,4-15H2,1-3H3/t17-,18-,19?,22-/m0/s1. The molecule has 1 spiro atoms. The van der Waals surface area contributed by atoms with Gasteiger partial charge in [0.2, 0.25) is 0 Å². The fourth-order valence-electron chi connectivity index (χ4n) is 6.21. The maximum Gasteiger partial charge on any atom is 0.410 e. The Morgan fingerprint density at radius 1 is 1.03 bits per heavy atom. The Hall–Kier alpha value is -0.890. The lowest BCUT2D eigenvalue weighted by atomic mass is 9.86. The van der Waals surface area contributed by atoms with Gasteiger partial charge in [0.15, 0.2) is 5.79 Å². The van der Waals surface area contributed by atoms with Gasteiger partial charge in [-0.25, -0.2) is 4.79 Å². The summed E-state index contributed by atoms with van der Waals surface area (Å²) in [5.74, 6) is -0.292. The normalized spacial score (nSPS) is 39.1. The molecule has 0 N–H and O–H groups in total. The van der Waals surface area contributed by atoms with Crippen LogP contribution in [-0.4, -0.2) is 89.3 Å². The summed E-state index contributed by atoms with van der Waals surface area (Å²) >= 11 is 0. The van der Waals surface area contributed by atoms with E-state index in [1.807, 2.05) is 25.7 Å². The molecule has 4 heterocycles. The molecule has 1 aliphatic carbocycles. The van der Waals surface area contributed by atoms with Crippen molar-refractivity contribution < 1.29 is 19.0 Å². The topological polar surface area (TPSA) is 54.5 Å². The highest BCUT2D eigenvalue weighted by Crippen LogP contribution is 2.49. The second kappa shape index (κ2) is 7.36. The molecule has 7 heteroatoms. The predicted molar refractivity (Wildman–Crippen MR) is 108 cm³/mol. The van der Waals surface area contributed by atoms with E-state index in [4.69, 9.17) is 14.2 Å². The molecule has 5 aliphatic rings. The first-order valence-electron chi connectivity index (χ1n) is 11.7. The smallest absolute Gasteiger partial charge is 0.410 e. The van der Waals surface area contributed by atoms with Crippen molar-refractivity contribution >= 4 is 6.09 Å². The molecule has 1 saturated carbocycles. The van der Waals surface area contributed by atoms with Crippen molar-refractivity contribution in [1.29, 1.82) is 0 Å². The molecule has 0 radical (unpaired) electrons. The molecule has 5 rings (SSSR count). The molecule has 0 aromatic heterocycles. The molecule has 164 valence electrons. The van der Waals surface area contributed by atoms with Crippen LogP contribution in [0.25, 0.3) is 0 Å². The molecule has 0 aromatic carbocycles. The minimum absolute atomic E-state index is 0.164. The Balaban J connectivity index is 1.14. The average Bonchev–Trinajstić information content (AvgIpc) is 3.39. The number of ether oxygens (including phenoxy) is 3. The molecule has 29 heavy (non-hydrogen) atoms. The lowest BCUT2D eigenvalue weighted by Gasteiger charge is -2.47. The Morgan fingerprint density at radius 3 is 2.55 bits per heavy atom. The predicted octanol–water partition coefficient (Wildman–Crippen LogP) is 2.79. The third-order valence-corrected chi connectivity index (χ3v) is 7.51. The van der Waals surface area contributed by atoms with Gasteiger partial charge in [-0.15, -0.1) is 0 Å². The average molecular weight is 408 g/mol. The number of piperidine rings is 1. The van der Waals surface area contributed by atoms with Crippen LogP contribution in [0.4, 0.5) is 4.79 Å². The quantitative estimate of drug-likeness (QED) is 0.702. The first-order valence-corrected chi connectivity index (χ1v) is 11.7. The zero-order valence-electron chi connectivity index (χ0n) is 18.3. The van der Waals surface area contributed by atoms with E-state index in [2.05, 4.69) is 9.80 Å². The van der Waals surface area contributed by atoms with Gasteiger partial charge >= 0.3 is 6.09 Å². The summed E-state index contributed by atoms with van der Waals surface area (Å²) in [5.41, 5.74) is -0.426. The van der Waals surface area contributed by atoms with Crippen molar-refractivity contribution in [2.24, 2.45) is 0 Å². The van der Waals surface area contributed by atoms with Crippen molar-refractivity contribution in [3.05, 3.63) is 0 Å². The van der Waals surface area contributed by atoms with Gasteiger partial charge in [-0.1, -0.05) is 6.42 Å². The fraction of sp³-hybridized carbons (Fsp3) is 0.955. The van der Waals surface area contributed by atoms with Crippen LogP contribution >= 0.6 is 0 Å². The van der Waals surface area contributed by atoms with Gasteiger partial charge in [0.1, 0.15) is 11.8 Å². The zero-order valence-corrected chi connectivity index (χ0v) is 18.3. The van der Waals surface area contributed by atoms with Gasteiger partial charge in [-0.05, 0) is 66.0 Å². The molecule has 7 nitrogen and oxygen atoms in total. The lowest BCUT2D eigenvalue weighted by molar-refractivity contribution is -0.179. The summed E-state index contributed by atoms with van der Waals surface area (Å²) in [6, 6.07) is 1.54. The van der Waals surface area contributed by atoms with Crippen LogP contribution in [-0.2, 0) is 14.2 Å². The van der Waals surface area contributed by atoms with Crippen molar-refractivity contribution in [3.63, 3.8) is 0 Å². The van der Waals surface area contributed by atoms with Gasteiger partial charge in [-0.3, -0.25) is 9.80 Å². The van der Waals surface area contributed by atoms with Gasteiger partial charge in [0.25, 0.3) is 0 Å². The molecule has 5 fully saturated rings. The molecular weight excluding hydrogens is 370 g/mol. The Bertz CT molecular complexity index is 630. The van der Waals surface area contributed by atoms with E-state index in [9.17, 15) is 4.79 Å². The molecule has 4 atom stereocenters. The second-order valence-corrected chi connectivity index (χ2v) is 10.5. The molecule has 1 unspecified atom stereocenters. The molecular formula is C22H37N3O4. The van der Waals surface area contributed by atoms with Crippen LogP contribution in [0.15, 0.2) is 0 Å². The first-order chi connectivity index (χ1) is 13.8. The number of hydrogen-bond acceptors (Lipinski definition) is 6. The van der Waals surface area contributed by atoms with E-state index in [-0.39, 0.29) is 18.1 Å². The molecule has 4 aliphatic heterocycles. The van der Waals surface area contributed by atoms with Crippen molar-refractivity contribution in [1.82, 2.24) is 14.7 Å². The van der Waals surface area contributed by atoms with E-state index in [1.54, 1.807) is 0 Å². The largest absolute Gasteiger partial charge is 0.444 e. The summed E-state index contributed by atoms with van der Waals surface area (Å²) in [5, 5.41) is 0. The minimum Gasteiger partial charge on any atom is -0.444 e. The van der Waals surface area contributed by atoms with E-state index in [1.165, 1.54) is 32.1 Å². The van der Waals surface area contributed by atoms with Gasteiger partial charge in [-0.2, -0.15) is 0 Å². The summed E-state index contributed by atoms with van der Waals surface area (Å²) in [6.45, 7) is 10.4. The lowest BCUT2D eigenvalue weighted by Crippen LogP contribution is -2.59. The first kappa shape index (κ1) is 20.0. The molecule has 2 bridgehead atoms. The number of morpholine rings is 1. The van der Waals surface area contributed by atoms with Crippen LogP contribution in [0, 0.1) is 0 Å². The SMILES string of the molecule is CC(C)(C)OC(=O)N1CC[C@H](N2CCC(N3C4CO[C@@]5(CCCC[C@H]35)O4)CC2)C1. The number of hydrogen-bond donors (Lipinski definition) is 0. The minimum atomic E-state index is -0.426. The number of nitrogens with zero attached hydrogens (tertiary/aromatic N) is 3. The highest BCUT2D eigenvalue weighted by atomic mass is 16.8. The number of carbonyl (C=O) groups is 1. The third-order valence-electron chi connectivity index (χ3n) is 7.51. The van der Waals surface area contributed by atoms with Crippen LogP contribution in [0.3, 0.4) is 0 Å². The molecule has 1 amide bonds. The van der Waals surface area contributed by atoms with Gasteiger partial charge in [0, 0.05) is 31.6 Å². The monoisotopic (exact) mass is 407 g/mol. The number of carbonyl (C=O) groups excluding carboxylic acids is 1. The third kappa shape index (κ3) is 3.68. The number of likely N-dealkylation sites (tertiary alicyclic amines) is 2. The van der Waals surface area contributed by atoms with Crippen LogP contribution in [0.2, 0.25) is 0 Å². The Morgan fingerprint density at radius 2 is 1.79 bits per heavy atom. The Labute approximate surface area is 174 Å². The molecule has 4 saturated heterocycles. The zero-order chi connectivity index (χ0) is 20.2. The highest BCUT2D eigenvalue weighted by Gasteiger charge is 2.61. The van der Waals surface area contributed by atoms with Crippen LogP contribution < -0.4 is 0 Å². The highest BCUT2D eigenvalue weighted by molar-refractivity contribution is 5.68. The van der Waals surface area contributed by atoms with Crippen molar-refractivity contribution in [2.45, 2.75) is 101 Å². The molecule has 0 aromatic rings. The van der Waals surface area contributed by atoms with E-state index in [0.29, 0.717) is 18.1 Å².